The number of hydrogen-bond acceptors (Lipinski definition) is 3. The fourth-order valence-electron chi connectivity index (χ4n) is 11.7. The Morgan fingerprint density at radius 3 is 2.17 bits per heavy atom. The van der Waals surface area contributed by atoms with E-state index < -0.39 is 0 Å². The number of ether oxygens (including phenoxy) is 1. The maximum absolute atomic E-state index is 14.4. The Morgan fingerprint density at radius 2 is 1.51 bits per heavy atom. The standard InChI is InChI=1S/C32H52O3/c1-19-10-13-29(6)16-17-32(9)27(26(29)20(19)2)22(34)18-24-30(7)14-12-25(35-21(3)33)28(4,5)23(30)11-15-31(24,32)8/h19-20,23-27H,10-18H2,1-9H3. The minimum absolute atomic E-state index is 0.00924. The summed E-state index contributed by atoms with van der Waals surface area (Å²) in [5.41, 5.74) is 0.693. The number of rotatable bonds is 1. The Labute approximate surface area is 214 Å². The molecule has 11 unspecified atom stereocenters. The van der Waals surface area contributed by atoms with Gasteiger partial charge in [0.15, 0.2) is 0 Å². The number of hydrogen-bond donors (Lipinski definition) is 0. The summed E-state index contributed by atoms with van der Waals surface area (Å²) in [5, 5.41) is 0. The lowest BCUT2D eigenvalue weighted by Gasteiger charge is -2.73. The van der Waals surface area contributed by atoms with Gasteiger partial charge in [0.1, 0.15) is 11.9 Å². The van der Waals surface area contributed by atoms with Gasteiger partial charge in [-0.05, 0) is 103 Å². The molecule has 0 spiro atoms. The van der Waals surface area contributed by atoms with E-state index in [1.165, 1.54) is 38.5 Å². The number of carbonyl (C=O) groups excluding carboxylic acids is 2. The lowest BCUT2D eigenvalue weighted by atomic mass is 9.31. The first-order valence-electron chi connectivity index (χ1n) is 14.8. The molecule has 0 saturated heterocycles. The Kier molecular flexibility index (Phi) is 5.76. The average Bonchev–Trinajstić information content (AvgIpc) is 2.76. The van der Waals surface area contributed by atoms with Crippen molar-refractivity contribution in [1.82, 2.24) is 0 Å². The fourth-order valence-corrected chi connectivity index (χ4v) is 11.7. The fraction of sp³-hybridized carbons (Fsp3) is 0.938. The van der Waals surface area contributed by atoms with Crippen molar-refractivity contribution in [1.29, 1.82) is 0 Å². The van der Waals surface area contributed by atoms with E-state index in [2.05, 4.69) is 55.4 Å². The van der Waals surface area contributed by atoms with E-state index in [4.69, 9.17) is 4.74 Å². The molecule has 0 aromatic rings. The minimum Gasteiger partial charge on any atom is -0.462 e. The summed E-state index contributed by atoms with van der Waals surface area (Å²) in [4.78, 5) is 26.3. The smallest absolute Gasteiger partial charge is 0.302 e. The summed E-state index contributed by atoms with van der Waals surface area (Å²) < 4.78 is 5.87. The van der Waals surface area contributed by atoms with Gasteiger partial charge < -0.3 is 4.74 Å². The van der Waals surface area contributed by atoms with Gasteiger partial charge in [-0.2, -0.15) is 0 Å². The predicted molar refractivity (Wildman–Crippen MR) is 141 cm³/mol. The number of Topliss-reactive ketones (excluding diaryl/α,β-unsaturated/α-hetero) is 1. The van der Waals surface area contributed by atoms with E-state index in [0.29, 0.717) is 34.9 Å². The van der Waals surface area contributed by atoms with Gasteiger partial charge in [-0.3, -0.25) is 9.59 Å². The zero-order valence-corrected chi connectivity index (χ0v) is 24.1. The van der Waals surface area contributed by atoms with Crippen LogP contribution in [0.3, 0.4) is 0 Å². The molecule has 5 fully saturated rings. The molecule has 3 nitrogen and oxygen atoms in total. The van der Waals surface area contributed by atoms with E-state index in [-0.39, 0.29) is 39.7 Å². The van der Waals surface area contributed by atoms with Crippen LogP contribution < -0.4 is 0 Å². The maximum Gasteiger partial charge on any atom is 0.302 e. The summed E-state index contributed by atoms with van der Waals surface area (Å²) in [5.74, 6) is 3.47. The van der Waals surface area contributed by atoms with Crippen molar-refractivity contribution in [3.8, 4) is 0 Å². The highest BCUT2D eigenvalue weighted by atomic mass is 16.5. The number of carbonyl (C=O) groups is 2. The van der Waals surface area contributed by atoms with Crippen molar-refractivity contribution in [2.75, 3.05) is 0 Å². The first-order valence-corrected chi connectivity index (χ1v) is 14.8. The second kappa shape index (κ2) is 7.83. The van der Waals surface area contributed by atoms with Crippen LogP contribution in [0.5, 0.6) is 0 Å². The van der Waals surface area contributed by atoms with Gasteiger partial charge >= 0.3 is 5.97 Å². The number of esters is 1. The van der Waals surface area contributed by atoms with Crippen LogP contribution in [0.15, 0.2) is 0 Å². The molecule has 5 aliphatic rings. The van der Waals surface area contributed by atoms with Gasteiger partial charge in [-0.1, -0.05) is 55.4 Å². The van der Waals surface area contributed by atoms with Crippen molar-refractivity contribution in [2.45, 2.75) is 126 Å². The maximum atomic E-state index is 14.4. The second-order valence-electron chi connectivity index (χ2n) is 15.6. The van der Waals surface area contributed by atoms with E-state index in [0.717, 1.165) is 25.2 Å². The third kappa shape index (κ3) is 3.27. The first-order chi connectivity index (χ1) is 16.1. The molecular weight excluding hydrogens is 432 g/mol. The van der Waals surface area contributed by atoms with Crippen LogP contribution in [-0.2, 0) is 14.3 Å². The average molecular weight is 485 g/mol. The van der Waals surface area contributed by atoms with Crippen molar-refractivity contribution in [3.05, 3.63) is 0 Å². The van der Waals surface area contributed by atoms with E-state index >= 15 is 0 Å². The Hall–Kier alpha value is -0.860. The summed E-state index contributed by atoms with van der Waals surface area (Å²) in [6, 6.07) is 0. The second-order valence-corrected chi connectivity index (χ2v) is 15.6. The highest BCUT2D eigenvalue weighted by molar-refractivity contribution is 5.84. The Morgan fingerprint density at radius 1 is 0.829 bits per heavy atom. The molecule has 11 atom stereocenters. The summed E-state index contributed by atoms with van der Waals surface area (Å²) in [6.07, 6.45) is 10.3. The van der Waals surface area contributed by atoms with Crippen LogP contribution in [0.1, 0.15) is 120 Å². The molecule has 0 aromatic heterocycles. The van der Waals surface area contributed by atoms with Crippen molar-refractivity contribution < 1.29 is 14.3 Å². The molecule has 3 heteroatoms. The van der Waals surface area contributed by atoms with Gasteiger partial charge in [-0.15, -0.1) is 0 Å². The molecule has 0 radical (unpaired) electrons. The van der Waals surface area contributed by atoms with Crippen LogP contribution in [-0.4, -0.2) is 17.9 Å². The SMILES string of the molecule is CC(=O)OC1CCC2(C)C(CCC3(C)C2CC(=O)C2C4C(C)C(C)CCC4(C)CCC23C)C1(C)C. The zero-order valence-electron chi connectivity index (χ0n) is 24.1. The highest BCUT2D eigenvalue weighted by Crippen LogP contribution is 2.76. The molecule has 0 aromatic carbocycles. The van der Waals surface area contributed by atoms with Crippen LogP contribution in [0.25, 0.3) is 0 Å². The quantitative estimate of drug-likeness (QED) is 0.356. The predicted octanol–water partition coefficient (Wildman–Crippen LogP) is 7.85. The molecule has 0 amide bonds. The molecule has 0 aliphatic heterocycles. The zero-order chi connectivity index (χ0) is 25.8. The lowest BCUT2D eigenvalue weighted by molar-refractivity contribution is -0.248. The molecule has 0 bridgehead atoms. The van der Waals surface area contributed by atoms with Crippen molar-refractivity contribution in [3.63, 3.8) is 0 Å². The van der Waals surface area contributed by atoms with Gasteiger partial charge in [0.25, 0.3) is 0 Å². The number of fused-ring (bicyclic) bond motifs is 7. The molecule has 35 heavy (non-hydrogen) atoms. The van der Waals surface area contributed by atoms with E-state index in [1.54, 1.807) is 6.92 Å². The topological polar surface area (TPSA) is 43.4 Å². The molecule has 0 heterocycles. The number of ketones is 1. The summed E-state index contributed by atoms with van der Waals surface area (Å²) in [6.45, 7) is 21.3. The molecule has 198 valence electrons. The minimum atomic E-state index is -0.156. The largest absolute Gasteiger partial charge is 0.462 e. The van der Waals surface area contributed by atoms with Gasteiger partial charge in [-0.25, -0.2) is 0 Å². The van der Waals surface area contributed by atoms with Crippen LogP contribution >= 0.6 is 0 Å². The van der Waals surface area contributed by atoms with Crippen molar-refractivity contribution >= 4 is 11.8 Å². The lowest BCUT2D eigenvalue weighted by Crippen LogP contribution is -2.69. The van der Waals surface area contributed by atoms with Gasteiger partial charge in [0.05, 0.1) is 0 Å². The van der Waals surface area contributed by atoms with E-state index in [9.17, 15) is 9.59 Å². The van der Waals surface area contributed by atoms with Crippen LogP contribution in [0.4, 0.5) is 0 Å². The van der Waals surface area contributed by atoms with Crippen molar-refractivity contribution in [2.24, 2.45) is 62.6 Å². The van der Waals surface area contributed by atoms with Crippen LogP contribution in [0, 0.1) is 62.6 Å². The van der Waals surface area contributed by atoms with Gasteiger partial charge in [0, 0.05) is 24.7 Å². The molecule has 5 rings (SSSR count). The van der Waals surface area contributed by atoms with Gasteiger partial charge in [0.2, 0.25) is 0 Å². The molecule has 5 aliphatic carbocycles. The Bertz CT molecular complexity index is 906. The molecule has 5 saturated carbocycles. The monoisotopic (exact) mass is 484 g/mol. The molecule has 0 N–H and O–H groups in total. The third-order valence-corrected chi connectivity index (χ3v) is 14.1. The summed E-state index contributed by atoms with van der Waals surface area (Å²) >= 11 is 0. The highest BCUT2D eigenvalue weighted by Gasteiger charge is 2.72. The molecular formula is C32H52O3. The Balaban J connectivity index is 1.54. The first kappa shape index (κ1) is 25.8. The third-order valence-electron chi connectivity index (χ3n) is 14.1. The summed E-state index contributed by atoms with van der Waals surface area (Å²) in [7, 11) is 0. The van der Waals surface area contributed by atoms with E-state index in [1.807, 2.05) is 0 Å². The van der Waals surface area contributed by atoms with Crippen LogP contribution in [0.2, 0.25) is 0 Å². The normalized spacial score (nSPS) is 55.1.